The van der Waals surface area contributed by atoms with Crippen molar-refractivity contribution >= 4 is 11.9 Å². The molecule has 0 bridgehead atoms. The number of hydrogen-bond acceptors (Lipinski definition) is 3. The van der Waals surface area contributed by atoms with Crippen molar-refractivity contribution in [3.8, 4) is 5.75 Å². The van der Waals surface area contributed by atoms with E-state index in [2.05, 4.69) is 4.74 Å². The first kappa shape index (κ1) is 9.25. The average Bonchev–Trinajstić information content (AvgIpc) is 2.08. The van der Waals surface area contributed by atoms with Crippen molar-refractivity contribution in [1.82, 2.24) is 0 Å². The lowest BCUT2D eigenvalue weighted by Crippen LogP contribution is -2.19. The number of aryl methyl sites for hydroxylation is 1. The molecule has 0 heterocycles. The number of benzene rings is 1. The van der Waals surface area contributed by atoms with Gasteiger partial charge in [0.1, 0.15) is 5.75 Å². The fourth-order valence-electron chi connectivity index (χ4n) is 0.757. The lowest BCUT2D eigenvalue weighted by molar-refractivity contribution is -0.158. The van der Waals surface area contributed by atoms with E-state index < -0.39 is 11.9 Å². The van der Waals surface area contributed by atoms with E-state index in [4.69, 9.17) is 5.11 Å². The molecule has 4 nitrogen and oxygen atoms in total. The molecule has 4 heteroatoms. The molecule has 0 radical (unpaired) electrons. The number of aliphatic carboxylic acids is 1. The lowest BCUT2D eigenvalue weighted by Gasteiger charge is -2.00. The van der Waals surface area contributed by atoms with Crippen LogP contribution in [0, 0.1) is 6.92 Å². The van der Waals surface area contributed by atoms with Gasteiger partial charge in [0.05, 0.1) is 0 Å². The molecule has 0 aliphatic carbocycles. The van der Waals surface area contributed by atoms with E-state index in [-0.39, 0.29) is 5.75 Å². The third-order valence-electron chi connectivity index (χ3n) is 1.41. The molecule has 0 saturated heterocycles. The zero-order valence-corrected chi connectivity index (χ0v) is 6.98. The number of ether oxygens (including phenoxy) is 1. The van der Waals surface area contributed by atoms with Crippen LogP contribution in [-0.4, -0.2) is 17.0 Å². The monoisotopic (exact) mass is 180 g/mol. The largest absolute Gasteiger partial charge is 0.473 e. The highest BCUT2D eigenvalue weighted by atomic mass is 16.6. The summed E-state index contributed by atoms with van der Waals surface area (Å²) in [5, 5.41) is 8.22. The number of rotatable bonds is 1. The van der Waals surface area contributed by atoms with E-state index in [9.17, 15) is 9.59 Å². The van der Waals surface area contributed by atoms with Crippen LogP contribution in [0.15, 0.2) is 24.3 Å². The Morgan fingerprint density at radius 2 is 1.77 bits per heavy atom. The highest BCUT2D eigenvalue weighted by molar-refractivity contribution is 6.29. The molecule has 13 heavy (non-hydrogen) atoms. The van der Waals surface area contributed by atoms with Crippen molar-refractivity contribution in [2.75, 3.05) is 0 Å². The predicted octanol–water partition coefficient (Wildman–Crippen LogP) is 0.985. The van der Waals surface area contributed by atoms with E-state index in [0.29, 0.717) is 0 Å². The van der Waals surface area contributed by atoms with Gasteiger partial charge in [-0.3, -0.25) is 0 Å². The number of carboxylic acid groups (broad SMARTS) is 1. The Labute approximate surface area is 74.8 Å². The van der Waals surface area contributed by atoms with Gasteiger partial charge < -0.3 is 9.84 Å². The zero-order valence-electron chi connectivity index (χ0n) is 6.98. The van der Waals surface area contributed by atoms with Gasteiger partial charge in [0.25, 0.3) is 0 Å². The maximum atomic E-state index is 10.6. The van der Waals surface area contributed by atoms with Gasteiger partial charge in [-0.2, -0.15) is 0 Å². The van der Waals surface area contributed by atoms with E-state index >= 15 is 0 Å². The Hall–Kier alpha value is -1.84. The van der Waals surface area contributed by atoms with Gasteiger partial charge in [-0.1, -0.05) is 17.7 Å². The zero-order chi connectivity index (χ0) is 9.84. The second-order valence-corrected chi connectivity index (χ2v) is 2.51. The Morgan fingerprint density at radius 3 is 2.23 bits per heavy atom. The van der Waals surface area contributed by atoms with Crippen LogP contribution in [0.25, 0.3) is 0 Å². The van der Waals surface area contributed by atoms with Crippen LogP contribution >= 0.6 is 0 Å². The molecule has 0 unspecified atom stereocenters. The number of carbonyl (C=O) groups is 2. The van der Waals surface area contributed by atoms with Crippen LogP contribution in [0.1, 0.15) is 5.56 Å². The average molecular weight is 180 g/mol. The van der Waals surface area contributed by atoms with Crippen LogP contribution in [-0.2, 0) is 9.59 Å². The van der Waals surface area contributed by atoms with Crippen molar-refractivity contribution in [1.29, 1.82) is 0 Å². The number of esters is 1. The minimum absolute atomic E-state index is 0.234. The van der Waals surface area contributed by atoms with E-state index in [0.717, 1.165) is 5.56 Å². The van der Waals surface area contributed by atoms with Gasteiger partial charge in [0.15, 0.2) is 0 Å². The Kier molecular flexibility index (Phi) is 2.64. The summed E-state index contributed by atoms with van der Waals surface area (Å²) in [6, 6.07) is 6.53. The van der Waals surface area contributed by atoms with Gasteiger partial charge in [-0.25, -0.2) is 9.59 Å². The first-order chi connectivity index (χ1) is 6.09. The van der Waals surface area contributed by atoms with Crippen molar-refractivity contribution in [2.24, 2.45) is 0 Å². The van der Waals surface area contributed by atoms with Crippen molar-refractivity contribution in [3.05, 3.63) is 29.8 Å². The fraction of sp³-hybridized carbons (Fsp3) is 0.111. The third kappa shape index (κ3) is 2.59. The number of carbonyl (C=O) groups excluding carboxylic acids is 1. The number of hydrogen-bond donors (Lipinski definition) is 1. The quantitative estimate of drug-likeness (QED) is 0.397. The summed E-state index contributed by atoms with van der Waals surface area (Å²) in [4.78, 5) is 20.7. The van der Waals surface area contributed by atoms with Crippen LogP contribution in [0.3, 0.4) is 0 Å². The molecule has 0 atom stereocenters. The molecule has 1 N–H and O–H groups in total. The predicted molar refractivity (Wildman–Crippen MR) is 44.4 cm³/mol. The first-order valence-corrected chi connectivity index (χ1v) is 3.61. The molecule has 0 saturated carbocycles. The molecule has 0 aliphatic rings. The van der Waals surface area contributed by atoms with E-state index in [1.807, 2.05) is 6.92 Å². The summed E-state index contributed by atoms with van der Waals surface area (Å²) < 4.78 is 4.49. The second kappa shape index (κ2) is 3.71. The lowest BCUT2D eigenvalue weighted by atomic mass is 10.2. The molecular weight excluding hydrogens is 172 g/mol. The molecule has 0 spiro atoms. The summed E-state index contributed by atoms with van der Waals surface area (Å²) in [7, 11) is 0. The molecule has 0 amide bonds. The van der Waals surface area contributed by atoms with Gasteiger partial charge in [0, 0.05) is 0 Å². The molecule has 1 aromatic rings. The van der Waals surface area contributed by atoms with Crippen molar-refractivity contribution in [3.63, 3.8) is 0 Å². The molecule has 1 aromatic carbocycles. The van der Waals surface area contributed by atoms with Gasteiger partial charge >= 0.3 is 11.9 Å². The number of carboxylic acids is 1. The van der Waals surface area contributed by atoms with E-state index in [1.165, 1.54) is 12.1 Å². The smallest absolute Gasteiger partial charge is 0.422 e. The highest BCUT2D eigenvalue weighted by Gasteiger charge is 2.13. The molecule has 68 valence electrons. The summed E-state index contributed by atoms with van der Waals surface area (Å²) in [5.41, 5.74) is 1.01. The normalized spacial score (nSPS) is 9.31. The second-order valence-electron chi connectivity index (χ2n) is 2.51. The van der Waals surface area contributed by atoms with Crippen LogP contribution in [0.2, 0.25) is 0 Å². The Morgan fingerprint density at radius 1 is 1.23 bits per heavy atom. The maximum Gasteiger partial charge on any atom is 0.422 e. The third-order valence-corrected chi connectivity index (χ3v) is 1.41. The highest BCUT2D eigenvalue weighted by Crippen LogP contribution is 2.11. The topological polar surface area (TPSA) is 63.6 Å². The molecule has 0 fully saturated rings. The standard InChI is InChI=1S/C9H8O4/c1-6-2-4-7(5-3-6)13-9(12)8(10)11/h2-5H,1H3,(H,10,11). The molecule has 0 aliphatic heterocycles. The minimum atomic E-state index is -1.60. The summed E-state index contributed by atoms with van der Waals surface area (Å²) >= 11 is 0. The van der Waals surface area contributed by atoms with Gasteiger partial charge in [-0.15, -0.1) is 0 Å². The minimum Gasteiger partial charge on any atom is -0.473 e. The van der Waals surface area contributed by atoms with Crippen molar-refractivity contribution in [2.45, 2.75) is 6.92 Å². The Balaban J connectivity index is 2.70. The van der Waals surface area contributed by atoms with Crippen LogP contribution < -0.4 is 4.74 Å². The van der Waals surface area contributed by atoms with Gasteiger partial charge in [0.2, 0.25) is 0 Å². The molecule has 0 aromatic heterocycles. The SMILES string of the molecule is Cc1ccc(OC(=O)C(=O)O)cc1. The van der Waals surface area contributed by atoms with Crippen molar-refractivity contribution < 1.29 is 19.4 Å². The summed E-state index contributed by atoms with van der Waals surface area (Å²) in [6.07, 6.45) is 0. The molecule has 1 rings (SSSR count). The summed E-state index contributed by atoms with van der Waals surface area (Å²) in [5.74, 6) is -2.64. The van der Waals surface area contributed by atoms with Crippen LogP contribution in [0.5, 0.6) is 5.75 Å². The van der Waals surface area contributed by atoms with Crippen LogP contribution in [0.4, 0.5) is 0 Å². The molecular formula is C9H8O4. The summed E-state index contributed by atoms with van der Waals surface area (Å²) in [6.45, 7) is 1.88. The fourth-order valence-corrected chi connectivity index (χ4v) is 0.757. The Bertz CT molecular complexity index is 326. The van der Waals surface area contributed by atoms with Gasteiger partial charge in [-0.05, 0) is 19.1 Å². The maximum absolute atomic E-state index is 10.6. The first-order valence-electron chi connectivity index (χ1n) is 3.61. The van der Waals surface area contributed by atoms with E-state index in [1.54, 1.807) is 12.1 Å².